The highest BCUT2D eigenvalue weighted by Gasteiger charge is 2.44. The van der Waals surface area contributed by atoms with Crippen LogP contribution in [0.25, 0.3) is 0 Å². The van der Waals surface area contributed by atoms with Gasteiger partial charge in [-0.1, -0.05) is 0 Å². The third-order valence-electron chi connectivity index (χ3n) is 7.90. The van der Waals surface area contributed by atoms with Gasteiger partial charge in [0.1, 0.15) is 5.75 Å². The predicted molar refractivity (Wildman–Crippen MR) is 132 cm³/mol. The number of rotatable bonds is 8. The van der Waals surface area contributed by atoms with E-state index >= 15 is 0 Å². The molecule has 0 atom stereocenters. The molecule has 8 heteroatoms. The summed E-state index contributed by atoms with van der Waals surface area (Å²) in [5.41, 5.74) is 2.11. The van der Waals surface area contributed by atoms with Crippen LogP contribution >= 0.6 is 0 Å². The molecule has 2 aromatic rings. The fourth-order valence-electron chi connectivity index (χ4n) is 5.24. The van der Waals surface area contributed by atoms with Crippen LogP contribution < -0.4 is 15.0 Å². The number of hydrogen-bond donors (Lipinski definition) is 1. The largest absolute Gasteiger partial charge is 0.454 e. The number of hydrogen-bond acceptors (Lipinski definition) is 7. The molecule has 0 bridgehead atoms. The van der Waals surface area contributed by atoms with Gasteiger partial charge in [0.15, 0.2) is 5.75 Å². The second kappa shape index (κ2) is 9.39. The van der Waals surface area contributed by atoms with Crippen molar-refractivity contribution in [3.63, 3.8) is 0 Å². The van der Waals surface area contributed by atoms with Crippen LogP contribution in [0.1, 0.15) is 44.1 Å². The van der Waals surface area contributed by atoms with Crippen molar-refractivity contribution in [3.8, 4) is 11.5 Å². The van der Waals surface area contributed by atoms with Crippen LogP contribution in [0, 0.1) is 24.2 Å². The summed E-state index contributed by atoms with van der Waals surface area (Å²) in [6.45, 7) is 6.55. The lowest BCUT2D eigenvalue weighted by atomic mass is 9.73. The number of amides is 1. The number of aromatic nitrogens is 2. The van der Waals surface area contributed by atoms with Gasteiger partial charge in [0.2, 0.25) is 11.9 Å². The summed E-state index contributed by atoms with van der Waals surface area (Å²) in [6, 6.07) is 5.70. The average Bonchev–Trinajstić information content (AvgIpc) is 3.64. The van der Waals surface area contributed by atoms with Crippen LogP contribution in [0.5, 0.6) is 11.5 Å². The van der Waals surface area contributed by atoms with E-state index < -0.39 is 0 Å². The van der Waals surface area contributed by atoms with E-state index in [0.717, 1.165) is 87.5 Å². The van der Waals surface area contributed by atoms with Gasteiger partial charge in [0.25, 0.3) is 0 Å². The molecule has 1 amide bonds. The van der Waals surface area contributed by atoms with Gasteiger partial charge in [-0.3, -0.25) is 4.79 Å². The normalized spacial score (nSPS) is 25.0. The predicted octanol–water partition coefficient (Wildman–Crippen LogP) is 4.34. The number of carbonyl (C=O) groups excluding carboxylic acids is 1. The maximum atomic E-state index is 12.6. The molecule has 2 saturated carbocycles. The summed E-state index contributed by atoms with van der Waals surface area (Å²) in [4.78, 5) is 23.8. The van der Waals surface area contributed by atoms with E-state index in [9.17, 15) is 4.79 Å². The SMILES string of the molecule is Cc1cc(NC(=O)C2CC(OCC3CC3)C2)ccc1Oc1cnc(N2CC3(CCOCC3)C2)nc1. The van der Waals surface area contributed by atoms with Gasteiger partial charge >= 0.3 is 0 Å². The fourth-order valence-corrected chi connectivity index (χ4v) is 5.24. The maximum absolute atomic E-state index is 12.6. The number of anilines is 2. The molecule has 2 saturated heterocycles. The Kier molecular flexibility index (Phi) is 6.10. The van der Waals surface area contributed by atoms with Gasteiger partial charge < -0.3 is 24.4 Å². The lowest BCUT2D eigenvalue weighted by Gasteiger charge is -2.52. The Hall–Kier alpha value is -2.71. The van der Waals surface area contributed by atoms with Crippen molar-refractivity contribution in [1.82, 2.24) is 9.97 Å². The van der Waals surface area contributed by atoms with Gasteiger partial charge in [0, 0.05) is 49.9 Å². The first-order valence-electron chi connectivity index (χ1n) is 12.9. The van der Waals surface area contributed by atoms with Gasteiger partial charge in [-0.25, -0.2) is 9.97 Å². The first-order valence-corrected chi connectivity index (χ1v) is 12.9. The van der Waals surface area contributed by atoms with Gasteiger partial charge in [0.05, 0.1) is 18.5 Å². The van der Waals surface area contributed by atoms with E-state index in [0.29, 0.717) is 11.2 Å². The van der Waals surface area contributed by atoms with Crippen LogP contribution in [-0.2, 0) is 14.3 Å². The van der Waals surface area contributed by atoms with Crippen LogP contribution in [0.2, 0.25) is 0 Å². The summed E-state index contributed by atoms with van der Waals surface area (Å²) < 4.78 is 17.4. The Morgan fingerprint density at radius 1 is 1.17 bits per heavy atom. The van der Waals surface area contributed by atoms with E-state index in [1.165, 1.54) is 12.8 Å². The van der Waals surface area contributed by atoms with E-state index in [2.05, 4.69) is 20.2 Å². The fraction of sp³-hybridized carbons (Fsp3) is 0.593. The minimum atomic E-state index is 0.0406. The number of ether oxygens (including phenoxy) is 3. The quantitative estimate of drug-likeness (QED) is 0.604. The summed E-state index contributed by atoms with van der Waals surface area (Å²) in [5, 5.41) is 3.04. The van der Waals surface area contributed by atoms with Crippen molar-refractivity contribution in [1.29, 1.82) is 0 Å². The van der Waals surface area contributed by atoms with Crippen LogP contribution in [-0.4, -0.2) is 54.9 Å². The first kappa shape index (κ1) is 22.7. The Morgan fingerprint density at radius 2 is 1.91 bits per heavy atom. The maximum Gasteiger partial charge on any atom is 0.227 e. The van der Waals surface area contributed by atoms with E-state index in [4.69, 9.17) is 14.2 Å². The zero-order valence-corrected chi connectivity index (χ0v) is 20.4. The molecule has 2 aliphatic carbocycles. The molecular formula is C27H34N4O4. The highest BCUT2D eigenvalue weighted by Crippen LogP contribution is 2.41. The van der Waals surface area contributed by atoms with Crippen molar-refractivity contribution in [2.24, 2.45) is 17.3 Å². The molecule has 0 radical (unpaired) electrons. The van der Waals surface area contributed by atoms with Crippen LogP contribution in [0.4, 0.5) is 11.6 Å². The molecule has 35 heavy (non-hydrogen) atoms. The number of nitrogens with one attached hydrogen (secondary N) is 1. The van der Waals surface area contributed by atoms with E-state index in [1.807, 2.05) is 25.1 Å². The molecule has 3 heterocycles. The molecule has 4 aliphatic rings. The molecule has 0 unspecified atom stereocenters. The number of aryl methyl sites for hydroxylation is 1. The minimum Gasteiger partial charge on any atom is -0.454 e. The number of nitrogens with zero attached hydrogens (tertiary/aromatic N) is 3. The average molecular weight is 479 g/mol. The molecule has 4 fully saturated rings. The van der Waals surface area contributed by atoms with Gasteiger partial charge in [-0.2, -0.15) is 0 Å². The van der Waals surface area contributed by atoms with Crippen LogP contribution in [0.15, 0.2) is 30.6 Å². The zero-order valence-electron chi connectivity index (χ0n) is 20.4. The number of benzene rings is 1. The van der Waals surface area contributed by atoms with Gasteiger partial charge in [-0.05, 0) is 75.1 Å². The van der Waals surface area contributed by atoms with E-state index in [-0.39, 0.29) is 17.9 Å². The minimum absolute atomic E-state index is 0.0406. The lowest BCUT2D eigenvalue weighted by Crippen LogP contribution is -2.59. The molecule has 2 aliphatic heterocycles. The highest BCUT2D eigenvalue weighted by molar-refractivity contribution is 5.93. The monoisotopic (exact) mass is 478 g/mol. The van der Waals surface area contributed by atoms with Gasteiger partial charge in [-0.15, -0.1) is 0 Å². The molecule has 6 rings (SSSR count). The van der Waals surface area contributed by atoms with Crippen LogP contribution in [0.3, 0.4) is 0 Å². The lowest BCUT2D eigenvalue weighted by molar-refractivity contribution is -0.128. The highest BCUT2D eigenvalue weighted by atomic mass is 16.5. The third-order valence-corrected chi connectivity index (χ3v) is 7.90. The Bertz CT molecular complexity index is 1050. The Morgan fingerprint density at radius 3 is 2.60 bits per heavy atom. The Labute approximate surface area is 206 Å². The topological polar surface area (TPSA) is 85.8 Å². The second-order valence-corrected chi connectivity index (χ2v) is 10.8. The smallest absolute Gasteiger partial charge is 0.227 e. The second-order valence-electron chi connectivity index (χ2n) is 10.8. The molecule has 186 valence electrons. The van der Waals surface area contributed by atoms with Crippen molar-refractivity contribution in [3.05, 3.63) is 36.2 Å². The molecule has 8 nitrogen and oxygen atoms in total. The summed E-state index contributed by atoms with van der Waals surface area (Å²) in [7, 11) is 0. The molecule has 1 aromatic heterocycles. The van der Waals surface area contributed by atoms with Crippen molar-refractivity contribution < 1.29 is 19.0 Å². The first-order chi connectivity index (χ1) is 17.1. The summed E-state index contributed by atoms with van der Waals surface area (Å²) >= 11 is 0. The molecule has 1 aromatic carbocycles. The van der Waals surface area contributed by atoms with Crippen molar-refractivity contribution in [2.75, 3.05) is 43.1 Å². The molecular weight excluding hydrogens is 444 g/mol. The summed E-state index contributed by atoms with van der Waals surface area (Å²) in [6.07, 6.45) is 10.2. The van der Waals surface area contributed by atoms with E-state index in [1.54, 1.807) is 12.4 Å². The Balaban J connectivity index is 0.984. The third kappa shape index (κ3) is 5.14. The van der Waals surface area contributed by atoms with Crippen molar-refractivity contribution >= 4 is 17.5 Å². The molecule has 1 spiro atoms. The number of carbonyl (C=O) groups is 1. The summed E-state index contributed by atoms with van der Waals surface area (Å²) in [5.74, 6) is 2.95. The standard InChI is InChI=1S/C27H34N4O4/c1-18-10-21(30-25(32)20-11-22(12-20)34-15-19-2-3-19)4-5-24(18)35-23-13-28-26(29-14-23)31-16-27(17-31)6-8-33-9-7-27/h4-5,10,13-14,19-20,22H,2-3,6-9,11-12,15-17H2,1H3,(H,30,32). The van der Waals surface area contributed by atoms with Crippen molar-refractivity contribution in [2.45, 2.75) is 51.6 Å². The molecule has 1 N–H and O–H groups in total. The zero-order chi connectivity index (χ0) is 23.8.